The fourth-order valence-corrected chi connectivity index (χ4v) is 3.06. The van der Waals surface area contributed by atoms with Gasteiger partial charge in [0.2, 0.25) is 11.6 Å². The Morgan fingerprint density at radius 1 is 1.35 bits per heavy atom. The fourth-order valence-electron chi connectivity index (χ4n) is 2.58. The van der Waals surface area contributed by atoms with E-state index in [9.17, 15) is 0 Å². The lowest BCUT2D eigenvalue weighted by Gasteiger charge is -2.07. The Balaban J connectivity index is 2.43. The van der Waals surface area contributed by atoms with E-state index in [1.807, 2.05) is 0 Å². The van der Waals surface area contributed by atoms with E-state index in [2.05, 4.69) is 58.6 Å². The molecule has 1 atom stereocenters. The third-order valence-electron chi connectivity index (χ3n) is 3.45. The van der Waals surface area contributed by atoms with Crippen molar-refractivity contribution in [2.45, 2.75) is 19.9 Å². The largest absolute Gasteiger partial charge is 0.437 e. The number of hydrogen-bond donors (Lipinski definition) is 0. The van der Waals surface area contributed by atoms with Gasteiger partial charge in [-0.15, -0.1) is 0 Å². The SMILES string of the molecule is Cc1cc2[n+](c3c(C)cccc13)C(CBr)CO2. The van der Waals surface area contributed by atoms with Crippen molar-refractivity contribution in [3.05, 3.63) is 35.4 Å². The molecule has 0 saturated heterocycles. The highest BCUT2D eigenvalue weighted by Crippen LogP contribution is 2.28. The molecule has 0 amide bonds. The van der Waals surface area contributed by atoms with Crippen molar-refractivity contribution >= 4 is 26.8 Å². The Bertz CT molecular complexity index is 594. The van der Waals surface area contributed by atoms with Crippen molar-refractivity contribution in [2.24, 2.45) is 0 Å². The van der Waals surface area contributed by atoms with Crippen LogP contribution in [0.1, 0.15) is 17.2 Å². The van der Waals surface area contributed by atoms with Crippen LogP contribution in [-0.2, 0) is 0 Å². The van der Waals surface area contributed by atoms with Gasteiger partial charge in [-0.1, -0.05) is 28.1 Å². The van der Waals surface area contributed by atoms with Gasteiger partial charge in [0.25, 0.3) is 0 Å². The minimum Gasteiger partial charge on any atom is -0.437 e. The Kier molecular flexibility index (Phi) is 2.58. The maximum atomic E-state index is 5.78. The van der Waals surface area contributed by atoms with Crippen LogP contribution in [0.5, 0.6) is 5.88 Å². The molecule has 88 valence electrons. The second kappa shape index (κ2) is 3.98. The van der Waals surface area contributed by atoms with Gasteiger partial charge in [0.05, 0.1) is 11.4 Å². The molecule has 1 aromatic carbocycles. The summed E-state index contributed by atoms with van der Waals surface area (Å²) in [6.07, 6.45) is 0. The quantitative estimate of drug-likeness (QED) is 0.582. The summed E-state index contributed by atoms with van der Waals surface area (Å²) in [7, 11) is 0. The highest BCUT2D eigenvalue weighted by atomic mass is 79.9. The zero-order valence-corrected chi connectivity index (χ0v) is 11.6. The molecule has 2 heterocycles. The molecule has 0 spiro atoms. The van der Waals surface area contributed by atoms with Crippen molar-refractivity contribution in [1.29, 1.82) is 0 Å². The molecule has 0 N–H and O–H groups in total. The summed E-state index contributed by atoms with van der Waals surface area (Å²) in [6.45, 7) is 5.07. The number of aryl methyl sites for hydroxylation is 2. The molecule has 17 heavy (non-hydrogen) atoms. The lowest BCUT2D eigenvalue weighted by atomic mass is 10.1. The molecule has 1 unspecified atom stereocenters. The van der Waals surface area contributed by atoms with Crippen LogP contribution in [0.25, 0.3) is 10.9 Å². The van der Waals surface area contributed by atoms with Gasteiger partial charge in [-0.05, 0) is 25.5 Å². The number of para-hydroxylation sites is 1. The summed E-state index contributed by atoms with van der Waals surface area (Å²) in [5.74, 6) is 0.994. The van der Waals surface area contributed by atoms with Gasteiger partial charge in [-0.25, -0.2) is 0 Å². The van der Waals surface area contributed by atoms with E-state index in [1.54, 1.807) is 0 Å². The monoisotopic (exact) mass is 292 g/mol. The number of rotatable bonds is 1. The van der Waals surface area contributed by atoms with E-state index in [-0.39, 0.29) is 0 Å². The highest BCUT2D eigenvalue weighted by Gasteiger charge is 2.34. The molecule has 0 bridgehead atoms. The summed E-state index contributed by atoms with van der Waals surface area (Å²) in [6, 6.07) is 9.02. The molecule has 1 aliphatic heterocycles. The molecule has 3 heteroatoms. The van der Waals surface area contributed by atoms with Crippen LogP contribution in [0, 0.1) is 13.8 Å². The molecular weight excluding hydrogens is 278 g/mol. The Labute approximate surface area is 109 Å². The van der Waals surface area contributed by atoms with Gasteiger partial charge in [-0.3, -0.25) is 0 Å². The van der Waals surface area contributed by atoms with Crippen LogP contribution in [0.4, 0.5) is 0 Å². The molecule has 1 aromatic heterocycles. The minimum atomic E-state index is 0.397. The first-order valence-corrected chi connectivity index (χ1v) is 6.97. The molecular formula is C14H15BrNO+. The van der Waals surface area contributed by atoms with E-state index < -0.39 is 0 Å². The van der Waals surface area contributed by atoms with E-state index in [1.165, 1.54) is 22.0 Å². The zero-order valence-electron chi connectivity index (χ0n) is 10.0. The first-order chi connectivity index (χ1) is 8.22. The van der Waals surface area contributed by atoms with Gasteiger partial charge in [0.15, 0.2) is 6.61 Å². The van der Waals surface area contributed by atoms with E-state index in [0.717, 1.165) is 17.8 Å². The summed E-state index contributed by atoms with van der Waals surface area (Å²) < 4.78 is 8.10. The standard InChI is InChI=1S/C14H15BrNO/c1-9-4-3-5-12-10(2)6-13-16(14(9)12)11(7-15)8-17-13/h3-6,11H,7-8H2,1-2H3/q+1. The van der Waals surface area contributed by atoms with Gasteiger partial charge in [0.1, 0.15) is 0 Å². The maximum Gasteiger partial charge on any atom is 0.369 e. The molecule has 2 nitrogen and oxygen atoms in total. The number of pyridine rings is 1. The molecule has 2 aromatic rings. The second-order valence-corrected chi connectivity index (χ2v) is 5.27. The second-order valence-electron chi connectivity index (χ2n) is 4.63. The molecule has 0 saturated carbocycles. The molecule has 1 aliphatic rings. The van der Waals surface area contributed by atoms with Crippen LogP contribution in [0.3, 0.4) is 0 Å². The van der Waals surface area contributed by atoms with Crippen LogP contribution in [0.2, 0.25) is 0 Å². The van der Waals surface area contributed by atoms with Gasteiger partial charge < -0.3 is 4.74 Å². The van der Waals surface area contributed by atoms with Crippen molar-refractivity contribution < 1.29 is 9.30 Å². The van der Waals surface area contributed by atoms with Gasteiger partial charge in [0, 0.05) is 10.9 Å². The summed E-state index contributed by atoms with van der Waals surface area (Å²) in [4.78, 5) is 0. The first kappa shape index (κ1) is 11.0. The molecule has 0 fully saturated rings. The topological polar surface area (TPSA) is 13.1 Å². The highest BCUT2D eigenvalue weighted by molar-refractivity contribution is 9.09. The van der Waals surface area contributed by atoms with Crippen LogP contribution >= 0.6 is 15.9 Å². The average molecular weight is 293 g/mol. The predicted molar refractivity (Wildman–Crippen MR) is 71.9 cm³/mol. The lowest BCUT2D eigenvalue weighted by Crippen LogP contribution is -2.38. The van der Waals surface area contributed by atoms with E-state index >= 15 is 0 Å². The van der Waals surface area contributed by atoms with Crippen molar-refractivity contribution in [3.8, 4) is 5.88 Å². The minimum absolute atomic E-state index is 0.397. The summed E-state index contributed by atoms with van der Waals surface area (Å²) >= 11 is 3.57. The number of alkyl halides is 1. The Morgan fingerprint density at radius 2 is 2.18 bits per heavy atom. The smallest absolute Gasteiger partial charge is 0.369 e. The molecule has 3 rings (SSSR count). The average Bonchev–Trinajstić information content (AvgIpc) is 2.72. The third-order valence-corrected chi connectivity index (χ3v) is 4.20. The van der Waals surface area contributed by atoms with Crippen molar-refractivity contribution in [1.82, 2.24) is 0 Å². The normalized spacial score (nSPS) is 18.2. The Hall–Kier alpha value is -1.09. The van der Waals surface area contributed by atoms with Crippen LogP contribution in [0.15, 0.2) is 24.3 Å². The maximum absolute atomic E-state index is 5.78. The van der Waals surface area contributed by atoms with Crippen LogP contribution in [-0.4, -0.2) is 11.9 Å². The zero-order chi connectivity index (χ0) is 12.0. The van der Waals surface area contributed by atoms with Gasteiger partial charge >= 0.3 is 5.88 Å². The number of fused-ring (bicyclic) bond motifs is 3. The van der Waals surface area contributed by atoms with Gasteiger partial charge in [-0.2, -0.15) is 4.57 Å². The number of nitrogens with zero attached hydrogens (tertiary/aromatic N) is 1. The third kappa shape index (κ3) is 1.56. The fraction of sp³-hybridized carbons (Fsp3) is 0.357. The van der Waals surface area contributed by atoms with Crippen molar-refractivity contribution in [3.63, 3.8) is 0 Å². The summed E-state index contributed by atoms with van der Waals surface area (Å²) in [5.41, 5.74) is 3.90. The summed E-state index contributed by atoms with van der Waals surface area (Å²) in [5, 5.41) is 2.25. The number of benzene rings is 1. The molecule has 0 radical (unpaired) electrons. The lowest BCUT2D eigenvalue weighted by molar-refractivity contribution is -0.675. The number of halogens is 1. The predicted octanol–water partition coefficient (Wildman–Crippen LogP) is 3.07. The first-order valence-electron chi connectivity index (χ1n) is 5.85. The van der Waals surface area contributed by atoms with Crippen molar-refractivity contribution in [2.75, 3.05) is 11.9 Å². The number of ether oxygens (including phenoxy) is 1. The molecule has 0 aliphatic carbocycles. The van der Waals surface area contributed by atoms with Crippen LogP contribution < -0.4 is 9.30 Å². The number of hydrogen-bond acceptors (Lipinski definition) is 1. The number of aromatic nitrogens is 1. The van der Waals surface area contributed by atoms with E-state index in [0.29, 0.717) is 6.04 Å². The van der Waals surface area contributed by atoms with E-state index in [4.69, 9.17) is 4.74 Å². The Morgan fingerprint density at radius 3 is 2.94 bits per heavy atom.